The highest BCUT2D eigenvalue weighted by atomic mass is 35.5. The van der Waals surface area contributed by atoms with Crippen molar-refractivity contribution in [2.45, 2.75) is 19.3 Å². The number of furan rings is 1. The molecule has 3 heterocycles. The highest BCUT2D eigenvalue weighted by molar-refractivity contribution is 6.30. The summed E-state index contributed by atoms with van der Waals surface area (Å²) in [5.41, 5.74) is 1.03. The lowest BCUT2D eigenvalue weighted by molar-refractivity contribution is -0.118. The van der Waals surface area contributed by atoms with Crippen LogP contribution < -0.4 is 4.90 Å². The molecule has 0 spiro atoms. The number of aryl methyl sites for hydroxylation is 1. The highest BCUT2D eigenvalue weighted by Gasteiger charge is 2.24. The van der Waals surface area contributed by atoms with Crippen LogP contribution in [0.5, 0.6) is 0 Å². The fraction of sp³-hybridized carbons (Fsp3) is 0.286. The van der Waals surface area contributed by atoms with Gasteiger partial charge in [-0.3, -0.25) is 9.69 Å². The van der Waals surface area contributed by atoms with Gasteiger partial charge in [0.25, 0.3) is 0 Å². The lowest BCUT2D eigenvalue weighted by Crippen LogP contribution is -2.37. The molecule has 0 unspecified atom stereocenters. The number of fused-ring (bicyclic) bond motifs is 1. The van der Waals surface area contributed by atoms with E-state index in [-0.39, 0.29) is 12.3 Å². The van der Waals surface area contributed by atoms with Crippen molar-refractivity contribution in [2.24, 2.45) is 0 Å². The number of nitrogens with zero attached hydrogens (tertiary/aromatic N) is 2. The van der Waals surface area contributed by atoms with Gasteiger partial charge < -0.3 is 4.42 Å². The Labute approximate surface area is 116 Å². The van der Waals surface area contributed by atoms with Crippen LogP contribution in [-0.4, -0.2) is 17.4 Å². The van der Waals surface area contributed by atoms with E-state index in [0.717, 1.165) is 24.2 Å². The van der Waals surface area contributed by atoms with Gasteiger partial charge in [-0.25, -0.2) is 4.98 Å². The minimum atomic E-state index is 0.00530. The van der Waals surface area contributed by atoms with Crippen molar-refractivity contribution in [3.63, 3.8) is 0 Å². The van der Waals surface area contributed by atoms with Crippen molar-refractivity contribution in [3.8, 4) is 0 Å². The molecule has 0 radical (unpaired) electrons. The number of carbonyl (C=O) groups is 1. The second-order valence-electron chi connectivity index (χ2n) is 4.54. The maximum Gasteiger partial charge on any atom is 0.235 e. The molecule has 4 nitrogen and oxygen atoms in total. The Morgan fingerprint density at radius 2 is 2.42 bits per heavy atom. The van der Waals surface area contributed by atoms with Gasteiger partial charge in [0.15, 0.2) is 0 Å². The van der Waals surface area contributed by atoms with Crippen LogP contribution in [0.15, 0.2) is 35.1 Å². The smallest absolute Gasteiger partial charge is 0.235 e. The average Bonchev–Trinajstić information content (AvgIpc) is 2.90. The summed E-state index contributed by atoms with van der Waals surface area (Å²) in [6.45, 7) is 0.696. The first-order chi connectivity index (χ1) is 9.24. The van der Waals surface area contributed by atoms with Gasteiger partial charge in [-0.05, 0) is 36.6 Å². The fourth-order valence-electron chi connectivity index (χ4n) is 2.33. The first-order valence-corrected chi connectivity index (χ1v) is 6.59. The lowest BCUT2D eigenvalue weighted by Gasteiger charge is -2.28. The third-order valence-corrected chi connectivity index (χ3v) is 3.41. The van der Waals surface area contributed by atoms with Crippen molar-refractivity contribution < 1.29 is 9.21 Å². The number of anilines is 1. The molecule has 1 amide bonds. The fourth-order valence-corrected chi connectivity index (χ4v) is 2.52. The van der Waals surface area contributed by atoms with Crippen LogP contribution >= 0.6 is 11.6 Å². The number of carbonyl (C=O) groups excluding carboxylic acids is 1. The monoisotopic (exact) mass is 276 g/mol. The van der Waals surface area contributed by atoms with Crippen LogP contribution in [0.3, 0.4) is 0 Å². The molecule has 5 heteroatoms. The summed E-state index contributed by atoms with van der Waals surface area (Å²) >= 11 is 5.94. The standard InChI is InChI=1S/C14H13ClN2O2/c15-11-7-10-3-1-5-17(14(10)16-9-11)13(18)8-12-4-2-6-19-12/h2,4,6-7,9H,1,3,5,8H2. The molecule has 1 aliphatic rings. The molecule has 0 aromatic carbocycles. The van der Waals surface area contributed by atoms with Crippen LogP contribution in [0, 0.1) is 0 Å². The summed E-state index contributed by atoms with van der Waals surface area (Å²) in [6.07, 6.45) is 5.26. The second-order valence-corrected chi connectivity index (χ2v) is 4.98. The maximum absolute atomic E-state index is 12.3. The Kier molecular flexibility index (Phi) is 3.25. The van der Waals surface area contributed by atoms with Crippen molar-refractivity contribution >= 4 is 23.3 Å². The Morgan fingerprint density at radius 3 is 3.21 bits per heavy atom. The van der Waals surface area contributed by atoms with E-state index in [9.17, 15) is 4.79 Å². The third kappa shape index (κ3) is 2.49. The van der Waals surface area contributed by atoms with E-state index in [4.69, 9.17) is 16.0 Å². The molecule has 1 aliphatic heterocycles. The number of aromatic nitrogens is 1. The van der Waals surface area contributed by atoms with Gasteiger partial charge in [-0.2, -0.15) is 0 Å². The highest BCUT2D eigenvalue weighted by Crippen LogP contribution is 2.27. The number of halogens is 1. The number of rotatable bonds is 2. The minimum Gasteiger partial charge on any atom is -0.469 e. The zero-order valence-electron chi connectivity index (χ0n) is 10.3. The van der Waals surface area contributed by atoms with Crippen LogP contribution in [0.25, 0.3) is 0 Å². The quantitative estimate of drug-likeness (QED) is 0.847. The Morgan fingerprint density at radius 1 is 1.53 bits per heavy atom. The molecule has 2 aromatic rings. The summed E-state index contributed by atoms with van der Waals surface area (Å²) in [5, 5.41) is 0.610. The molecule has 0 bridgehead atoms. The summed E-state index contributed by atoms with van der Waals surface area (Å²) in [7, 11) is 0. The minimum absolute atomic E-state index is 0.00530. The molecular formula is C14H13ClN2O2. The van der Waals surface area contributed by atoms with Crippen molar-refractivity contribution in [1.29, 1.82) is 0 Å². The van der Waals surface area contributed by atoms with Crippen molar-refractivity contribution in [3.05, 3.63) is 47.0 Å². The third-order valence-electron chi connectivity index (χ3n) is 3.20. The summed E-state index contributed by atoms with van der Waals surface area (Å²) in [4.78, 5) is 18.3. The predicted octanol–water partition coefficient (Wildman–Crippen LogP) is 2.85. The maximum atomic E-state index is 12.3. The summed E-state index contributed by atoms with van der Waals surface area (Å²) < 4.78 is 5.21. The number of hydrogen-bond donors (Lipinski definition) is 0. The van der Waals surface area contributed by atoms with Crippen LogP contribution in [0.4, 0.5) is 5.82 Å². The number of hydrogen-bond acceptors (Lipinski definition) is 3. The zero-order chi connectivity index (χ0) is 13.2. The Hall–Kier alpha value is -1.81. The number of amides is 1. The molecule has 0 N–H and O–H groups in total. The molecule has 2 aromatic heterocycles. The van der Waals surface area contributed by atoms with Gasteiger partial charge in [-0.15, -0.1) is 0 Å². The van der Waals surface area contributed by atoms with Crippen LogP contribution in [0.2, 0.25) is 5.02 Å². The van der Waals surface area contributed by atoms with E-state index in [1.54, 1.807) is 29.5 Å². The first kappa shape index (κ1) is 12.2. The van der Waals surface area contributed by atoms with Crippen molar-refractivity contribution in [2.75, 3.05) is 11.4 Å². The Balaban J connectivity index is 1.85. The van der Waals surface area contributed by atoms with E-state index in [2.05, 4.69) is 4.98 Å². The molecule has 0 saturated heterocycles. The molecule has 19 heavy (non-hydrogen) atoms. The van der Waals surface area contributed by atoms with Gasteiger partial charge >= 0.3 is 0 Å². The normalized spacial score (nSPS) is 14.3. The second kappa shape index (κ2) is 5.05. The molecule has 0 fully saturated rings. The largest absolute Gasteiger partial charge is 0.469 e. The lowest BCUT2D eigenvalue weighted by atomic mass is 10.1. The first-order valence-electron chi connectivity index (χ1n) is 6.21. The van der Waals surface area contributed by atoms with Gasteiger partial charge in [0, 0.05) is 12.7 Å². The SMILES string of the molecule is O=C(Cc1ccco1)N1CCCc2cc(Cl)cnc21. The van der Waals surface area contributed by atoms with E-state index in [1.165, 1.54) is 0 Å². The molecule has 3 rings (SSSR count). The number of pyridine rings is 1. The van der Waals surface area contributed by atoms with Crippen LogP contribution in [0.1, 0.15) is 17.7 Å². The van der Waals surface area contributed by atoms with Gasteiger partial charge in [0.2, 0.25) is 5.91 Å². The predicted molar refractivity (Wildman–Crippen MR) is 72.3 cm³/mol. The van der Waals surface area contributed by atoms with Gasteiger partial charge in [0.05, 0.1) is 17.7 Å². The topological polar surface area (TPSA) is 46.3 Å². The summed E-state index contributed by atoms with van der Waals surface area (Å²) in [6, 6.07) is 5.47. The van der Waals surface area contributed by atoms with E-state index < -0.39 is 0 Å². The van der Waals surface area contributed by atoms with Crippen molar-refractivity contribution in [1.82, 2.24) is 4.98 Å². The van der Waals surface area contributed by atoms with Gasteiger partial charge in [0.1, 0.15) is 11.6 Å². The molecular weight excluding hydrogens is 264 g/mol. The molecule has 0 saturated carbocycles. The van der Waals surface area contributed by atoms with Gasteiger partial charge in [-0.1, -0.05) is 11.6 Å². The zero-order valence-corrected chi connectivity index (χ0v) is 11.1. The van der Waals surface area contributed by atoms with E-state index >= 15 is 0 Å². The average molecular weight is 277 g/mol. The van der Waals surface area contributed by atoms with E-state index in [0.29, 0.717) is 17.3 Å². The Bertz CT molecular complexity index is 595. The summed E-state index contributed by atoms with van der Waals surface area (Å²) in [5.74, 6) is 1.41. The molecule has 0 aliphatic carbocycles. The molecule has 0 atom stereocenters. The van der Waals surface area contributed by atoms with E-state index in [1.807, 2.05) is 6.07 Å². The molecule has 98 valence electrons. The van der Waals surface area contributed by atoms with Crippen LogP contribution in [-0.2, 0) is 17.6 Å².